The number of amides is 1. The zero-order chi connectivity index (χ0) is 13.0. The number of nitrogens with zero attached hydrogens (tertiary/aromatic N) is 2. The number of carbonyl (C=O) groups is 1. The second-order valence-electron chi connectivity index (χ2n) is 5.19. The molecule has 1 fully saturated rings. The lowest BCUT2D eigenvalue weighted by molar-refractivity contribution is -0.124. The molecule has 2 unspecified atom stereocenters. The lowest BCUT2D eigenvalue weighted by atomic mass is 10.1. The molecule has 0 spiro atoms. The Hall–Kier alpha value is -1.07. The Balaban J connectivity index is 0.00000180. The number of hydrogen-bond acceptors (Lipinski definition) is 3. The van der Waals surface area contributed by atoms with Gasteiger partial charge in [0, 0.05) is 31.7 Å². The lowest BCUT2D eigenvalue weighted by Gasteiger charge is -2.10. The normalized spacial score (nSPS) is 22.0. The number of aromatic nitrogens is 2. The van der Waals surface area contributed by atoms with E-state index in [0.29, 0.717) is 0 Å². The van der Waals surface area contributed by atoms with Crippen LogP contribution in [0.3, 0.4) is 0 Å². The molecule has 6 heteroatoms. The standard InChI is InChI=1S/C13H22N4O.ClH/c1-17-9-10(8-16-17)3-2-6-15-13(18)11-4-5-12(14)7-11;/h8-9,11-12H,2-7,14H2,1H3,(H,15,18);1H. The fraction of sp³-hybridized carbons (Fsp3) is 0.692. The van der Waals surface area contributed by atoms with Gasteiger partial charge in [-0.15, -0.1) is 12.4 Å². The first-order chi connectivity index (χ1) is 8.65. The van der Waals surface area contributed by atoms with Gasteiger partial charge in [-0.05, 0) is 37.7 Å². The van der Waals surface area contributed by atoms with E-state index in [1.165, 1.54) is 5.56 Å². The van der Waals surface area contributed by atoms with E-state index in [9.17, 15) is 4.79 Å². The zero-order valence-electron chi connectivity index (χ0n) is 11.3. The van der Waals surface area contributed by atoms with Crippen LogP contribution in [0.5, 0.6) is 0 Å². The van der Waals surface area contributed by atoms with Crippen LogP contribution in [-0.4, -0.2) is 28.3 Å². The molecule has 0 aliphatic heterocycles. The molecule has 1 saturated carbocycles. The minimum absolute atomic E-state index is 0. The summed E-state index contributed by atoms with van der Waals surface area (Å²) in [6, 6.07) is 0.219. The van der Waals surface area contributed by atoms with Crippen molar-refractivity contribution >= 4 is 18.3 Å². The largest absolute Gasteiger partial charge is 0.356 e. The van der Waals surface area contributed by atoms with E-state index in [-0.39, 0.29) is 30.3 Å². The summed E-state index contributed by atoms with van der Waals surface area (Å²) < 4.78 is 1.80. The Labute approximate surface area is 120 Å². The smallest absolute Gasteiger partial charge is 0.223 e. The van der Waals surface area contributed by atoms with E-state index in [1.54, 1.807) is 4.68 Å². The Morgan fingerprint density at radius 3 is 2.95 bits per heavy atom. The average molecular weight is 287 g/mol. The van der Waals surface area contributed by atoms with Crippen LogP contribution in [-0.2, 0) is 18.3 Å². The van der Waals surface area contributed by atoms with Crippen molar-refractivity contribution in [2.75, 3.05) is 6.54 Å². The number of halogens is 1. The van der Waals surface area contributed by atoms with Crippen molar-refractivity contribution in [3.05, 3.63) is 18.0 Å². The Morgan fingerprint density at radius 1 is 1.58 bits per heavy atom. The molecule has 1 aromatic heterocycles. The molecule has 0 saturated heterocycles. The number of hydrogen-bond donors (Lipinski definition) is 2. The highest BCUT2D eigenvalue weighted by Crippen LogP contribution is 2.23. The van der Waals surface area contributed by atoms with Gasteiger partial charge in [-0.2, -0.15) is 5.10 Å². The quantitative estimate of drug-likeness (QED) is 0.794. The van der Waals surface area contributed by atoms with E-state index < -0.39 is 0 Å². The summed E-state index contributed by atoms with van der Waals surface area (Å²) in [5.74, 6) is 0.313. The molecule has 0 radical (unpaired) electrons. The third-order valence-electron chi connectivity index (χ3n) is 3.54. The Kier molecular flexibility index (Phi) is 6.31. The summed E-state index contributed by atoms with van der Waals surface area (Å²) in [6.07, 6.45) is 8.56. The average Bonchev–Trinajstić information content (AvgIpc) is 2.93. The van der Waals surface area contributed by atoms with Crippen molar-refractivity contribution < 1.29 is 4.79 Å². The number of rotatable bonds is 5. The highest BCUT2D eigenvalue weighted by atomic mass is 35.5. The number of carbonyl (C=O) groups excluding carboxylic acids is 1. The molecule has 2 atom stereocenters. The van der Waals surface area contributed by atoms with Crippen molar-refractivity contribution in [1.29, 1.82) is 0 Å². The molecule has 3 N–H and O–H groups in total. The monoisotopic (exact) mass is 286 g/mol. The van der Waals surface area contributed by atoms with Crippen LogP contribution in [0, 0.1) is 5.92 Å². The van der Waals surface area contributed by atoms with E-state index in [0.717, 1.165) is 38.6 Å². The van der Waals surface area contributed by atoms with Crippen LogP contribution in [0.15, 0.2) is 12.4 Å². The summed E-state index contributed by atoms with van der Waals surface area (Å²) in [6.45, 7) is 0.736. The fourth-order valence-corrected chi connectivity index (χ4v) is 2.50. The second kappa shape index (κ2) is 7.50. The van der Waals surface area contributed by atoms with Gasteiger partial charge in [0.25, 0.3) is 0 Å². The van der Waals surface area contributed by atoms with Crippen LogP contribution >= 0.6 is 12.4 Å². The van der Waals surface area contributed by atoms with Crippen LogP contribution < -0.4 is 11.1 Å². The van der Waals surface area contributed by atoms with Crippen LogP contribution in [0.1, 0.15) is 31.2 Å². The molecule has 108 valence electrons. The molecule has 1 amide bonds. The SMILES string of the molecule is Cl.Cn1cc(CCCNC(=O)C2CCC(N)C2)cn1. The first kappa shape index (κ1) is 16.0. The van der Waals surface area contributed by atoms with Crippen molar-refractivity contribution in [3.63, 3.8) is 0 Å². The van der Waals surface area contributed by atoms with E-state index >= 15 is 0 Å². The zero-order valence-corrected chi connectivity index (χ0v) is 12.2. The van der Waals surface area contributed by atoms with Gasteiger partial charge in [0.2, 0.25) is 5.91 Å². The summed E-state index contributed by atoms with van der Waals surface area (Å²) >= 11 is 0. The van der Waals surface area contributed by atoms with Gasteiger partial charge < -0.3 is 11.1 Å². The maximum Gasteiger partial charge on any atom is 0.223 e. The first-order valence-corrected chi connectivity index (χ1v) is 6.66. The maximum absolute atomic E-state index is 11.8. The van der Waals surface area contributed by atoms with Gasteiger partial charge in [-0.3, -0.25) is 9.48 Å². The molecule has 19 heavy (non-hydrogen) atoms. The minimum Gasteiger partial charge on any atom is -0.356 e. The molecule has 1 aromatic rings. The fourth-order valence-electron chi connectivity index (χ4n) is 2.50. The number of aryl methyl sites for hydroxylation is 2. The van der Waals surface area contributed by atoms with E-state index in [2.05, 4.69) is 10.4 Å². The third kappa shape index (κ3) is 4.84. The van der Waals surface area contributed by atoms with Crippen LogP contribution in [0.2, 0.25) is 0 Å². The Morgan fingerprint density at radius 2 is 2.37 bits per heavy atom. The van der Waals surface area contributed by atoms with E-state index in [1.807, 2.05) is 19.4 Å². The highest BCUT2D eigenvalue weighted by molar-refractivity contribution is 5.85. The van der Waals surface area contributed by atoms with Gasteiger partial charge in [-0.25, -0.2) is 0 Å². The van der Waals surface area contributed by atoms with Gasteiger partial charge >= 0.3 is 0 Å². The highest BCUT2D eigenvalue weighted by Gasteiger charge is 2.27. The Bertz CT molecular complexity index is 407. The molecule has 0 bridgehead atoms. The molecule has 1 aliphatic rings. The van der Waals surface area contributed by atoms with Crippen molar-refractivity contribution in [2.24, 2.45) is 18.7 Å². The molecule has 2 rings (SSSR count). The van der Waals surface area contributed by atoms with Crippen molar-refractivity contribution in [3.8, 4) is 0 Å². The van der Waals surface area contributed by atoms with Crippen LogP contribution in [0.4, 0.5) is 0 Å². The second-order valence-corrected chi connectivity index (χ2v) is 5.19. The summed E-state index contributed by atoms with van der Waals surface area (Å²) in [5, 5.41) is 7.12. The molecule has 5 nitrogen and oxygen atoms in total. The molecule has 1 heterocycles. The van der Waals surface area contributed by atoms with Crippen molar-refractivity contribution in [2.45, 2.75) is 38.1 Å². The molecular weight excluding hydrogens is 264 g/mol. The topological polar surface area (TPSA) is 72.9 Å². The lowest BCUT2D eigenvalue weighted by Crippen LogP contribution is -2.31. The summed E-state index contributed by atoms with van der Waals surface area (Å²) in [5.41, 5.74) is 7.02. The predicted molar refractivity (Wildman–Crippen MR) is 77.1 cm³/mol. The number of nitrogens with two attached hydrogens (primary N) is 1. The number of nitrogens with one attached hydrogen (secondary N) is 1. The van der Waals surface area contributed by atoms with E-state index in [4.69, 9.17) is 5.73 Å². The predicted octanol–water partition coefficient (Wildman–Crippen LogP) is 1.02. The molecule has 0 aromatic carbocycles. The van der Waals surface area contributed by atoms with Gasteiger partial charge in [0.05, 0.1) is 6.20 Å². The summed E-state index contributed by atoms with van der Waals surface area (Å²) in [4.78, 5) is 11.8. The minimum atomic E-state index is 0. The van der Waals surface area contributed by atoms with Crippen molar-refractivity contribution in [1.82, 2.24) is 15.1 Å². The summed E-state index contributed by atoms with van der Waals surface area (Å²) in [7, 11) is 1.91. The molecule has 1 aliphatic carbocycles. The van der Waals surface area contributed by atoms with Gasteiger partial charge in [0.1, 0.15) is 0 Å². The third-order valence-corrected chi connectivity index (χ3v) is 3.54. The van der Waals surface area contributed by atoms with Crippen LogP contribution in [0.25, 0.3) is 0 Å². The first-order valence-electron chi connectivity index (χ1n) is 6.66. The maximum atomic E-state index is 11.8. The van der Waals surface area contributed by atoms with Gasteiger partial charge in [-0.1, -0.05) is 0 Å². The van der Waals surface area contributed by atoms with Gasteiger partial charge in [0.15, 0.2) is 0 Å². The molecular formula is C13H23ClN4O.